The predicted octanol–water partition coefficient (Wildman–Crippen LogP) is 2.86. The molecule has 1 aliphatic heterocycles. The third-order valence-corrected chi connectivity index (χ3v) is 4.75. The summed E-state index contributed by atoms with van der Waals surface area (Å²) in [5.74, 6) is 2.07. The van der Waals surface area contributed by atoms with Crippen molar-refractivity contribution in [3.05, 3.63) is 28.8 Å². The van der Waals surface area contributed by atoms with Crippen molar-refractivity contribution in [1.82, 2.24) is 10.2 Å². The Balaban J connectivity index is 1.83. The first kappa shape index (κ1) is 14.1. The van der Waals surface area contributed by atoms with E-state index >= 15 is 0 Å². The van der Waals surface area contributed by atoms with Crippen LogP contribution < -0.4 is 14.4 Å². The fourth-order valence-electron chi connectivity index (χ4n) is 2.84. The Morgan fingerprint density at radius 2 is 2.10 bits per heavy atom. The van der Waals surface area contributed by atoms with Gasteiger partial charge in [0.1, 0.15) is 5.01 Å². The third-order valence-electron chi connectivity index (χ3n) is 3.85. The van der Waals surface area contributed by atoms with Crippen molar-refractivity contribution in [1.29, 1.82) is 0 Å². The van der Waals surface area contributed by atoms with Crippen LogP contribution in [0.25, 0.3) is 0 Å². The molecule has 0 bridgehead atoms. The van der Waals surface area contributed by atoms with Crippen molar-refractivity contribution in [2.24, 2.45) is 0 Å². The fraction of sp³-hybridized carbons (Fsp3) is 0.467. The van der Waals surface area contributed by atoms with Gasteiger partial charge in [-0.2, -0.15) is 0 Å². The summed E-state index contributed by atoms with van der Waals surface area (Å²) in [6.07, 6.45) is 1.09. The van der Waals surface area contributed by atoms with Gasteiger partial charge in [-0.1, -0.05) is 23.5 Å². The minimum Gasteiger partial charge on any atom is -0.493 e. The Morgan fingerprint density at radius 1 is 1.24 bits per heavy atom. The molecular formula is C15H19N3O2S. The number of aryl methyl sites for hydroxylation is 1. The largest absolute Gasteiger partial charge is 0.493 e. The van der Waals surface area contributed by atoms with E-state index in [0.29, 0.717) is 5.92 Å². The maximum Gasteiger partial charge on any atom is 0.208 e. The van der Waals surface area contributed by atoms with Crippen LogP contribution in [-0.2, 0) is 0 Å². The molecule has 0 spiro atoms. The number of para-hydroxylation sites is 1. The number of ether oxygens (including phenoxy) is 2. The highest BCUT2D eigenvalue weighted by molar-refractivity contribution is 7.15. The number of methoxy groups -OCH3 is 2. The summed E-state index contributed by atoms with van der Waals surface area (Å²) in [7, 11) is 3.37. The molecule has 5 nitrogen and oxygen atoms in total. The van der Waals surface area contributed by atoms with Crippen LogP contribution in [0, 0.1) is 6.92 Å². The number of aromatic nitrogens is 2. The van der Waals surface area contributed by atoms with E-state index in [1.54, 1.807) is 25.6 Å². The van der Waals surface area contributed by atoms with Crippen LogP contribution in [0.1, 0.15) is 22.9 Å². The van der Waals surface area contributed by atoms with E-state index in [9.17, 15) is 0 Å². The molecule has 3 rings (SSSR count). The molecule has 1 saturated heterocycles. The number of hydrogen-bond donors (Lipinski definition) is 0. The molecule has 0 saturated carbocycles. The summed E-state index contributed by atoms with van der Waals surface area (Å²) in [4.78, 5) is 2.30. The van der Waals surface area contributed by atoms with Crippen molar-refractivity contribution in [2.75, 3.05) is 32.2 Å². The highest BCUT2D eigenvalue weighted by atomic mass is 32.1. The van der Waals surface area contributed by atoms with Gasteiger partial charge in [0.15, 0.2) is 11.5 Å². The molecule has 0 amide bonds. The topological polar surface area (TPSA) is 47.5 Å². The Bertz CT molecular complexity index is 629. The molecule has 2 aromatic rings. The highest BCUT2D eigenvalue weighted by Crippen LogP contribution is 2.40. The number of rotatable bonds is 4. The zero-order chi connectivity index (χ0) is 14.8. The van der Waals surface area contributed by atoms with Crippen LogP contribution in [0.5, 0.6) is 11.5 Å². The van der Waals surface area contributed by atoms with E-state index in [4.69, 9.17) is 9.47 Å². The van der Waals surface area contributed by atoms with Crippen LogP contribution in [0.15, 0.2) is 18.2 Å². The molecule has 1 atom stereocenters. The lowest BCUT2D eigenvalue weighted by Gasteiger charge is -2.18. The van der Waals surface area contributed by atoms with E-state index in [1.807, 2.05) is 19.1 Å². The van der Waals surface area contributed by atoms with Gasteiger partial charge >= 0.3 is 0 Å². The average Bonchev–Trinajstić information content (AvgIpc) is 3.14. The molecule has 1 aliphatic rings. The molecule has 1 fully saturated rings. The highest BCUT2D eigenvalue weighted by Gasteiger charge is 2.29. The monoisotopic (exact) mass is 305 g/mol. The van der Waals surface area contributed by atoms with Crippen molar-refractivity contribution in [3.63, 3.8) is 0 Å². The first-order valence-corrected chi connectivity index (χ1v) is 7.80. The number of anilines is 1. The molecular weight excluding hydrogens is 286 g/mol. The van der Waals surface area contributed by atoms with Crippen molar-refractivity contribution in [2.45, 2.75) is 19.3 Å². The van der Waals surface area contributed by atoms with Crippen LogP contribution in [0.3, 0.4) is 0 Å². The van der Waals surface area contributed by atoms with Crippen LogP contribution in [0.4, 0.5) is 5.13 Å². The summed E-state index contributed by atoms with van der Waals surface area (Å²) in [6.45, 7) is 3.93. The van der Waals surface area contributed by atoms with Crippen LogP contribution >= 0.6 is 11.3 Å². The second-order valence-electron chi connectivity index (χ2n) is 5.12. The quantitative estimate of drug-likeness (QED) is 0.869. The van der Waals surface area contributed by atoms with E-state index in [-0.39, 0.29) is 0 Å². The Morgan fingerprint density at radius 3 is 2.76 bits per heavy atom. The summed E-state index contributed by atoms with van der Waals surface area (Å²) in [6, 6.07) is 6.08. The maximum atomic E-state index is 5.56. The van der Waals surface area contributed by atoms with Gasteiger partial charge in [-0.25, -0.2) is 0 Å². The van der Waals surface area contributed by atoms with E-state index < -0.39 is 0 Å². The van der Waals surface area contributed by atoms with Gasteiger partial charge < -0.3 is 14.4 Å². The summed E-state index contributed by atoms with van der Waals surface area (Å²) >= 11 is 1.65. The molecule has 6 heteroatoms. The number of hydrogen-bond acceptors (Lipinski definition) is 6. The maximum absolute atomic E-state index is 5.56. The van der Waals surface area contributed by atoms with E-state index in [1.165, 1.54) is 5.56 Å². The van der Waals surface area contributed by atoms with Gasteiger partial charge in [-0.15, -0.1) is 10.2 Å². The molecule has 1 aromatic carbocycles. The normalized spacial score (nSPS) is 18.0. The second kappa shape index (κ2) is 5.89. The molecule has 0 unspecified atom stereocenters. The zero-order valence-electron chi connectivity index (χ0n) is 12.5. The summed E-state index contributed by atoms with van der Waals surface area (Å²) in [5.41, 5.74) is 1.21. The second-order valence-corrected chi connectivity index (χ2v) is 6.28. The number of benzene rings is 1. The van der Waals surface area contributed by atoms with Gasteiger partial charge in [-0.3, -0.25) is 0 Å². The fourth-order valence-corrected chi connectivity index (χ4v) is 3.56. The Kier molecular flexibility index (Phi) is 3.96. The van der Waals surface area contributed by atoms with Gasteiger partial charge in [-0.05, 0) is 19.4 Å². The lowest BCUT2D eigenvalue weighted by molar-refractivity contribution is 0.350. The molecule has 112 valence electrons. The molecule has 2 heterocycles. The molecule has 1 aromatic heterocycles. The minimum atomic E-state index is 0.430. The van der Waals surface area contributed by atoms with Crippen molar-refractivity contribution in [3.8, 4) is 11.5 Å². The van der Waals surface area contributed by atoms with Crippen LogP contribution in [0.2, 0.25) is 0 Å². The van der Waals surface area contributed by atoms with Crippen molar-refractivity contribution >= 4 is 16.5 Å². The molecule has 0 aliphatic carbocycles. The first-order chi connectivity index (χ1) is 10.2. The lowest BCUT2D eigenvalue weighted by atomic mass is 9.97. The van der Waals surface area contributed by atoms with Gasteiger partial charge in [0.2, 0.25) is 5.13 Å². The molecule has 0 N–H and O–H groups in total. The van der Waals surface area contributed by atoms with Gasteiger partial charge in [0.25, 0.3) is 0 Å². The minimum absolute atomic E-state index is 0.430. The summed E-state index contributed by atoms with van der Waals surface area (Å²) < 4.78 is 10.9. The standard InChI is InChI=1S/C15H19N3O2S/c1-10-16-17-15(21-10)18-8-7-11(9-18)12-5-4-6-13(19-2)14(12)20-3/h4-6,11H,7-9H2,1-3H3/t11-/m1/s1. The smallest absolute Gasteiger partial charge is 0.208 e. The molecule has 21 heavy (non-hydrogen) atoms. The molecule has 0 radical (unpaired) electrons. The van der Waals surface area contributed by atoms with E-state index in [0.717, 1.165) is 41.1 Å². The first-order valence-electron chi connectivity index (χ1n) is 6.99. The van der Waals surface area contributed by atoms with Crippen molar-refractivity contribution < 1.29 is 9.47 Å². The Labute approximate surface area is 128 Å². The van der Waals surface area contributed by atoms with Gasteiger partial charge in [0.05, 0.1) is 14.2 Å². The number of nitrogens with zero attached hydrogens (tertiary/aromatic N) is 3. The average molecular weight is 305 g/mol. The third kappa shape index (κ3) is 2.68. The SMILES string of the molecule is COc1cccc([C@@H]2CCN(c3nnc(C)s3)C2)c1OC. The predicted molar refractivity (Wildman–Crippen MR) is 83.8 cm³/mol. The van der Waals surface area contributed by atoms with E-state index in [2.05, 4.69) is 21.2 Å². The Hall–Kier alpha value is -1.82. The van der Waals surface area contributed by atoms with Gasteiger partial charge in [0, 0.05) is 24.6 Å². The zero-order valence-corrected chi connectivity index (χ0v) is 13.3. The lowest BCUT2D eigenvalue weighted by Crippen LogP contribution is -2.19. The van der Waals surface area contributed by atoms with Crippen LogP contribution in [-0.4, -0.2) is 37.5 Å². The summed E-state index contributed by atoms with van der Waals surface area (Å²) in [5, 5.41) is 10.4.